The summed E-state index contributed by atoms with van der Waals surface area (Å²) < 4.78 is 11.9. The van der Waals surface area contributed by atoms with Crippen molar-refractivity contribution >= 4 is 11.8 Å². The fourth-order valence-corrected chi connectivity index (χ4v) is 4.62. The standard InChI is InChI=1S/C27H34N2O4/c1-17(2)33-24-15-20(26(31)29-12-6-7-13-29)8-10-22(24)18(3)28-25(30)19-9-11-23-21(14-19)16-32-27(23,4)5/h8-11,14-15,17-18H,6-7,12-13,16H2,1-5H3,(H,28,30)/t18-/m0/s1. The maximum absolute atomic E-state index is 13.0. The Morgan fingerprint density at radius 1 is 1.03 bits per heavy atom. The van der Waals surface area contributed by atoms with Crippen molar-refractivity contribution in [2.45, 2.75) is 71.8 Å². The van der Waals surface area contributed by atoms with Crippen molar-refractivity contribution in [3.05, 3.63) is 64.2 Å². The van der Waals surface area contributed by atoms with Gasteiger partial charge in [-0.2, -0.15) is 0 Å². The van der Waals surface area contributed by atoms with Gasteiger partial charge >= 0.3 is 0 Å². The van der Waals surface area contributed by atoms with Crippen molar-refractivity contribution in [2.24, 2.45) is 0 Å². The van der Waals surface area contributed by atoms with Crippen molar-refractivity contribution in [3.8, 4) is 5.75 Å². The zero-order chi connectivity index (χ0) is 23.8. The SMILES string of the molecule is CC(C)Oc1cc(C(=O)N2CCCC2)ccc1[C@H](C)NC(=O)c1ccc2c(c1)COC2(C)C. The monoisotopic (exact) mass is 450 g/mol. The Bertz CT molecular complexity index is 1050. The summed E-state index contributed by atoms with van der Waals surface area (Å²) >= 11 is 0. The molecule has 2 aliphatic rings. The maximum Gasteiger partial charge on any atom is 0.253 e. The molecule has 1 fully saturated rings. The van der Waals surface area contributed by atoms with Crippen molar-refractivity contribution in [1.82, 2.24) is 10.2 Å². The van der Waals surface area contributed by atoms with Gasteiger partial charge in [-0.15, -0.1) is 0 Å². The van der Waals surface area contributed by atoms with E-state index >= 15 is 0 Å². The Balaban J connectivity index is 1.53. The average Bonchev–Trinajstić information content (AvgIpc) is 3.41. The molecule has 0 unspecified atom stereocenters. The van der Waals surface area contributed by atoms with E-state index in [2.05, 4.69) is 5.32 Å². The molecular formula is C27H34N2O4. The van der Waals surface area contributed by atoms with E-state index < -0.39 is 0 Å². The zero-order valence-electron chi connectivity index (χ0n) is 20.2. The van der Waals surface area contributed by atoms with Crippen LogP contribution in [0.15, 0.2) is 36.4 Å². The summed E-state index contributed by atoms with van der Waals surface area (Å²) in [6, 6.07) is 11.0. The molecule has 1 N–H and O–H groups in total. The molecule has 2 aromatic carbocycles. The van der Waals surface area contributed by atoms with Crippen LogP contribution in [0.3, 0.4) is 0 Å². The van der Waals surface area contributed by atoms with E-state index in [1.54, 1.807) is 0 Å². The van der Waals surface area contributed by atoms with Gasteiger partial charge < -0.3 is 19.7 Å². The summed E-state index contributed by atoms with van der Waals surface area (Å²) in [5, 5.41) is 3.09. The van der Waals surface area contributed by atoms with Gasteiger partial charge in [0.1, 0.15) is 5.75 Å². The highest BCUT2D eigenvalue weighted by Gasteiger charge is 2.31. The molecule has 0 aliphatic carbocycles. The van der Waals surface area contributed by atoms with Gasteiger partial charge in [-0.25, -0.2) is 0 Å². The molecule has 1 atom stereocenters. The van der Waals surface area contributed by atoms with E-state index in [0.717, 1.165) is 42.6 Å². The Labute approximate surface area is 196 Å². The first-order chi connectivity index (χ1) is 15.7. The molecule has 2 amide bonds. The van der Waals surface area contributed by atoms with E-state index in [-0.39, 0.29) is 29.6 Å². The minimum absolute atomic E-state index is 0.0348. The molecule has 6 heteroatoms. The summed E-state index contributed by atoms with van der Waals surface area (Å²) in [7, 11) is 0. The molecule has 2 aliphatic heterocycles. The second-order valence-corrected chi connectivity index (χ2v) is 9.78. The average molecular weight is 451 g/mol. The van der Waals surface area contributed by atoms with Gasteiger partial charge in [-0.1, -0.05) is 12.1 Å². The fraction of sp³-hybridized carbons (Fsp3) is 0.481. The summed E-state index contributed by atoms with van der Waals surface area (Å²) in [6.07, 6.45) is 2.05. The van der Waals surface area contributed by atoms with Gasteiger partial charge in [0.05, 0.1) is 24.4 Å². The van der Waals surface area contributed by atoms with Crippen molar-refractivity contribution < 1.29 is 19.1 Å². The van der Waals surface area contributed by atoms with Crippen molar-refractivity contribution in [1.29, 1.82) is 0 Å². The van der Waals surface area contributed by atoms with Crippen LogP contribution >= 0.6 is 0 Å². The number of fused-ring (bicyclic) bond motifs is 1. The molecule has 0 aromatic heterocycles. The lowest BCUT2D eigenvalue weighted by atomic mass is 9.94. The lowest BCUT2D eigenvalue weighted by Gasteiger charge is -2.22. The highest BCUT2D eigenvalue weighted by molar-refractivity contribution is 5.96. The third kappa shape index (κ3) is 4.91. The smallest absolute Gasteiger partial charge is 0.253 e. The van der Waals surface area contributed by atoms with Crippen LogP contribution in [0.4, 0.5) is 0 Å². The Hall–Kier alpha value is -2.86. The van der Waals surface area contributed by atoms with Crippen LogP contribution in [0, 0.1) is 0 Å². The Morgan fingerprint density at radius 3 is 2.42 bits per heavy atom. The first-order valence-electron chi connectivity index (χ1n) is 11.8. The molecule has 2 aromatic rings. The lowest BCUT2D eigenvalue weighted by molar-refractivity contribution is -0.00789. The summed E-state index contributed by atoms with van der Waals surface area (Å²) in [6.45, 7) is 12.0. The number of amides is 2. The third-order valence-corrected chi connectivity index (χ3v) is 6.44. The minimum Gasteiger partial charge on any atom is -0.491 e. The number of benzene rings is 2. The van der Waals surface area contributed by atoms with Crippen LogP contribution in [0.1, 0.15) is 90.9 Å². The second kappa shape index (κ2) is 9.18. The second-order valence-electron chi connectivity index (χ2n) is 9.78. The summed E-state index contributed by atoms with van der Waals surface area (Å²) in [5.41, 5.74) is 3.92. The molecular weight excluding hydrogens is 416 g/mol. The van der Waals surface area contributed by atoms with Crippen molar-refractivity contribution in [3.63, 3.8) is 0 Å². The molecule has 0 radical (unpaired) electrons. The van der Waals surface area contributed by atoms with Crippen LogP contribution in [0.2, 0.25) is 0 Å². The first-order valence-corrected chi connectivity index (χ1v) is 11.8. The summed E-state index contributed by atoms with van der Waals surface area (Å²) in [4.78, 5) is 27.8. The van der Waals surface area contributed by atoms with Crippen LogP contribution in [-0.4, -0.2) is 35.9 Å². The number of nitrogens with one attached hydrogen (secondary N) is 1. The molecule has 6 nitrogen and oxygen atoms in total. The van der Waals surface area contributed by atoms with E-state index in [1.165, 1.54) is 0 Å². The molecule has 1 saturated heterocycles. The number of likely N-dealkylation sites (tertiary alicyclic amines) is 1. The molecule has 33 heavy (non-hydrogen) atoms. The van der Waals surface area contributed by atoms with Crippen LogP contribution < -0.4 is 10.1 Å². The zero-order valence-corrected chi connectivity index (χ0v) is 20.2. The van der Waals surface area contributed by atoms with E-state index in [1.807, 2.05) is 75.9 Å². The number of hydrogen-bond donors (Lipinski definition) is 1. The predicted octanol–water partition coefficient (Wildman–Crippen LogP) is 4.97. The molecule has 176 valence electrons. The van der Waals surface area contributed by atoms with Crippen LogP contribution in [-0.2, 0) is 16.9 Å². The van der Waals surface area contributed by atoms with Gasteiger partial charge in [0, 0.05) is 29.8 Å². The number of nitrogens with zero attached hydrogens (tertiary/aromatic N) is 1. The third-order valence-electron chi connectivity index (χ3n) is 6.44. The van der Waals surface area contributed by atoms with E-state index in [4.69, 9.17) is 9.47 Å². The number of carbonyl (C=O) groups excluding carboxylic acids is 2. The molecule has 0 spiro atoms. The van der Waals surface area contributed by atoms with Gasteiger partial charge in [-0.3, -0.25) is 9.59 Å². The van der Waals surface area contributed by atoms with Gasteiger partial charge in [-0.05, 0) is 82.9 Å². The maximum atomic E-state index is 13.0. The molecule has 4 rings (SSSR count). The number of carbonyl (C=O) groups is 2. The van der Waals surface area contributed by atoms with Gasteiger partial charge in [0.25, 0.3) is 11.8 Å². The highest BCUT2D eigenvalue weighted by Crippen LogP contribution is 2.36. The highest BCUT2D eigenvalue weighted by atomic mass is 16.5. The summed E-state index contributed by atoms with van der Waals surface area (Å²) in [5.74, 6) is 0.516. The lowest BCUT2D eigenvalue weighted by Crippen LogP contribution is -2.29. The molecule has 2 heterocycles. The number of ether oxygens (including phenoxy) is 2. The Morgan fingerprint density at radius 2 is 1.73 bits per heavy atom. The first kappa shape index (κ1) is 23.3. The van der Waals surface area contributed by atoms with Crippen LogP contribution in [0.25, 0.3) is 0 Å². The fourth-order valence-electron chi connectivity index (χ4n) is 4.62. The normalized spacial score (nSPS) is 17.7. The largest absolute Gasteiger partial charge is 0.491 e. The van der Waals surface area contributed by atoms with Gasteiger partial charge in [0.15, 0.2) is 0 Å². The Kier molecular flexibility index (Phi) is 6.48. The van der Waals surface area contributed by atoms with E-state index in [9.17, 15) is 9.59 Å². The van der Waals surface area contributed by atoms with Gasteiger partial charge in [0.2, 0.25) is 0 Å². The quantitative estimate of drug-likeness (QED) is 0.675. The minimum atomic E-state index is -0.324. The van der Waals surface area contributed by atoms with E-state index in [0.29, 0.717) is 23.5 Å². The number of rotatable bonds is 6. The molecule has 0 saturated carbocycles. The number of hydrogen-bond acceptors (Lipinski definition) is 4. The predicted molar refractivity (Wildman–Crippen MR) is 127 cm³/mol. The molecule has 0 bridgehead atoms. The van der Waals surface area contributed by atoms with Crippen molar-refractivity contribution in [2.75, 3.05) is 13.1 Å². The van der Waals surface area contributed by atoms with Crippen LogP contribution in [0.5, 0.6) is 5.75 Å². The topological polar surface area (TPSA) is 67.9 Å².